The first-order chi connectivity index (χ1) is 13.8. The van der Waals surface area contributed by atoms with E-state index in [0.29, 0.717) is 11.3 Å². The van der Waals surface area contributed by atoms with E-state index in [4.69, 9.17) is 0 Å². The highest BCUT2D eigenvalue weighted by atomic mass is 16.2. The molecule has 0 atom stereocenters. The highest BCUT2D eigenvalue weighted by Gasteiger charge is 2.25. The number of aromatic amines is 1. The molecule has 5 nitrogen and oxygen atoms in total. The Kier molecular flexibility index (Phi) is 6.89. The fourth-order valence-corrected chi connectivity index (χ4v) is 4.51. The van der Waals surface area contributed by atoms with E-state index in [1.165, 1.54) is 23.8 Å². The molecule has 0 bridgehead atoms. The van der Waals surface area contributed by atoms with Gasteiger partial charge in [-0.25, -0.2) is 4.79 Å². The van der Waals surface area contributed by atoms with E-state index in [1.54, 1.807) is 0 Å². The molecule has 1 fully saturated rings. The lowest BCUT2D eigenvalue weighted by atomic mass is 9.87. The van der Waals surface area contributed by atoms with Crippen LogP contribution in [0.5, 0.6) is 0 Å². The quantitative estimate of drug-likeness (QED) is 0.660. The molecule has 29 heavy (non-hydrogen) atoms. The molecule has 1 aliphatic rings. The maximum atomic E-state index is 12.5. The van der Waals surface area contributed by atoms with Gasteiger partial charge in [0, 0.05) is 42.4 Å². The Morgan fingerprint density at radius 2 is 1.97 bits per heavy atom. The van der Waals surface area contributed by atoms with Crippen LogP contribution < -0.4 is 5.32 Å². The third-order valence-electron chi connectivity index (χ3n) is 5.85. The van der Waals surface area contributed by atoms with Crippen molar-refractivity contribution in [1.29, 1.82) is 0 Å². The summed E-state index contributed by atoms with van der Waals surface area (Å²) in [6.45, 7) is 16.1. The van der Waals surface area contributed by atoms with E-state index >= 15 is 0 Å². The maximum Gasteiger partial charge on any atom is 0.321 e. The van der Waals surface area contributed by atoms with Gasteiger partial charge in [-0.05, 0) is 74.4 Å². The number of hydrogen-bond acceptors (Lipinski definition) is 2. The summed E-state index contributed by atoms with van der Waals surface area (Å²) in [5, 5.41) is 4.33. The molecular formula is C24H38N4O. The van der Waals surface area contributed by atoms with Gasteiger partial charge in [0.2, 0.25) is 0 Å². The molecule has 1 aliphatic heterocycles. The number of piperidine rings is 1. The van der Waals surface area contributed by atoms with Gasteiger partial charge in [0.1, 0.15) is 0 Å². The highest BCUT2D eigenvalue weighted by molar-refractivity contribution is 5.94. The topological polar surface area (TPSA) is 51.4 Å². The number of nitrogens with one attached hydrogen (secondary N) is 2. The summed E-state index contributed by atoms with van der Waals surface area (Å²) in [5.41, 5.74) is 3.77. The van der Waals surface area contributed by atoms with Crippen molar-refractivity contribution in [1.82, 2.24) is 14.8 Å². The zero-order valence-electron chi connectivity index (χ0n) is 18.8. The first-order valence-corrected chi connectivity index (χ1v) is 11.2. The van der Waals surface area contributed by atoms with Crippen molar-refractivity contribution in [3.05, 3.63) is 30.0 Å². The zero-order chi connectivity index (χ0) is 21.0. The smallest absolute Gasteiger partial charge is 0.321 e. The monoisotopic (exact) mass is 398 g/mol. The van der Waals surface area contributed by atoms with Crippen LogP contribution >= 0.6 is 0 Å². The van der Waals surface area contributed by atoms with Gasteiger partial charge in [-0.3, -0.25) is 0 Å². The van der Waals surface area contributed by atoms with E-state index in [2.05, 4.69) is 61.2 Å². The van der Waals surface area contributed by atoms with E-state index < -0.39 is 0 Å². The number of hydrogen-bond donors (Lipinski definition) is 2. The summed E-state index contributed by atoms with van der Waals surface area (Å²) >= 11 is 0. The van der Waals surface area contributed by atoms with Crippen molar-refractivity contribution in [3.63, 3.8) is 0 Å². The minimum Gasteiger partial charge on any atom is -0.361 e. The minimum absolute atomic E-state index is 0.0127. The lowest BCUT2D eigenvalue weighted by molar-refractivity contribution is 0.154. The van der Waals surface area contributed by atoms with Crippen LogP contribution in [0.15, 0.2) is 24.4 Å². The number of rotatable bonds is 6. The van der Waals surface area contributed by atoms with Crippen LogP contribution in [0.25, 0.3) is 10.9 Å². The molecule has 0 unspecified atom stereocenters. The SMILES string of the molecule is CCCN(CC)C(=O)Nc1ccc2[nH]cc(C3CCN(CC(C)(C)C)CC3)c2c1. The molecule has 0 saturated carbocycles. The predicted octanol–water partition coefficient (Wildman–Crippen LogP) is 5.66. The van der Waals surface area contributed by atoms with Crippen LogP contribution in [0.2, 0.25) is 0 Å². The summed E-state index contributed by atoms with van der Waals surface area (Å²) in [6, 6.07) is 6.20. The van der Waals surface area contributed by atoms with Crippen LogP contribution in [0.3, 0.4) is 0 Å². The van der Waals surface area contributed by atoms with Gasteiger partial charge in [-0.1, -0.05) is 27.7 Å². The molecule has 3 rings (SSSR count). The summed E-state index contributed by atoms with van der Waals surface area (Å²) in [7, 11) is 0. The van der Waals surface area contributed by atoms with Crippen LogP contribution in [0, 0.1) is 5.41 Å². The fraction of sp³-hybridized carbons (Fsp3) is 0.625. The molecule has 0 spiro atoms. The number of benzene rings is 1. The number of carbonyl (C=O) groups is 1. The Morgan fingerprint density at radius 3 is 2.59 bits per heavy atom. The summed E-state index contributed by atoms with van der Waals surface area (Å²) in [5.74, 6) is 0.582. The molecular weight excluding hydrogens is 360 g/mol. The van der Waals surface area contributed by atoms with Gasteiger partial charge >= 0.3 is 6.03 Å². The Morgan fingerprint density at radius 1 is 1.24 bits per heavy atom. The van der Waals surface area contributed by atoms with Crippen LogP contribution in [0.1, 0.15) is 65.4 Å². The lowest BCUT2D eigenvalue weighted by Gasteiger charge is -2.36. The minimum atomic E-state index is -0.0127. The van der Waals surface area contributed by atoms with Crippen molar-refractivity contribution in [2.24, 2.45) is 5.41 Å². The van der Waals surface area contributed by atoms with Gasteiger partial charge in [-0.15, -0.1) is 0 Å². The maximum absolute atomic E-state index is 12.5. The molecule has 1 aromatic carbocycles. The first kappa shape index (κ1) is 21.7. The van der Waals surface area contributed by atoms with Crippen LogP contribution in [-0.4, -0.2) is 53.5 Å². The standard InChI is InChI=1S/C24H38N4O/c1-6-12-28(7-2)23(29)26-19-8-9-22-20(15-19)21(16-25-22)18-10-13-27(14-11-18)17-24(3,4)5/h8-9,15-16,18,25H,6-7,10-14,17H2,1-5H3,(H,26,29). The van der Waals surface area contributed by atoms with Crippen molar-refractivity contribution >= 4 is 22.6 Å². The molecule has 160 valence electrons. The van der Waals surface area contributed by atoms with Gasteiger partial charge in [0.05, 0.1) is 0 Å². The first-order valence-electron chi connectivity index (χ1n) is 11.2. The van der Waals surface area contributed by atoms with Crippen molar-refractivity contribution in [3.8, 4) is 0 Å². The number of anilines is 1. The number of aromatic nitrogens is 1. The van der Waals surface area contributed by atoms with Crippen LogP contribution in [0.4, 0.5) is 10.5 Å². The number of nitrogens with zero attached hydrogens (tertiary/aromatic N) is 2. The molecule has 2 amide bonds. The lowest BCUT2D eigenvalue weighted by Crippen LogP contribution is -2.38. The number of fused-ring (bicyclic) bond motifs is 1. The second-order valence-corrected chi connectivity index (χ2v) is 9.63. The highest BCUT2D eigenvalue weighted by Crippen LogP contribution is 2.35. The summed E-state index contributed by atoms with van der Waals surface area (Å²) < 4.78 is 0. The van der Waals surface area contributed by atoms with Crippen molar-refractivity contribution < 1.29 is 4.79 Å². The molecule has 0 aliphatic carbocycles. The van der Waals surface area contributed by atoms with Gasteiger partial charge < -0.3 is 20.1 Å². The van der Waals surface area contributed by atoms with Crippen LogP contribution in [-0.2, 0) is 0 Å². The number of carbonyl (C=O) groups excluding carboxylic acids is 1. The number of H-pyrrole nitrogens is 1. The molecule has 2 aromatic rings. The van der Waals surface area contributed by atoms with Crippen molar-refractivity contribution in [2.75, 3.05) is 38.0 Å². The average molecular weight is 399 g/mol. The number of amides is 2. The molecule has 1 aromatic heterocycles. The molecule has 2 heterocycles. The third-order valence-corrected chi connectivity index (χ3v) is 5.85. The largest absolute Gasteiger partial charge is 0.361 e. The summed E-state index contributed by atoms with van der Waals surface area (Å²) in [4.78, 5) is 20.4. The van der Waals surface area contributed by atoms with E-state index in [-0.39, 0.29) is 6.03 Å². The number of likely N-dealkylation sites (tertiary alicyclic amines) is 1. The Labute approximate surface area is 175 Å². The second-order valence-electron chi connectivity index (χ2n) is 9.63. The molecule has 5 heteroatoms. The zero-order valence-corrected chi connectivity index (χ0v) is 18.8. The normalized spacial score (nSPS) is 16.3. The Bertz CT molecular complexity index is 812. The number of urea groups is 1. The predicted molar refractivity (Wildman–Crippen MR) is 123 cm³/mol. The van der Waals surface area contributed by atoms with E-state index in [1.807, 2.05) is 17.9 Å². The second kappa shape index (κ2) is 9.21. The molecule has 2 N–H and O–H groups in total. The fourth-order valence-electron chi connectivity index (χ4n) is 4.51. The van der Waals surface area contributed by atoms with Gasteiger partial charge in [-0.2, -0.15) is 0 Å². The average Bonchev–Trinajstić information content (AvgIpc) is 3.08. The summed E-state index contributed by atoms with van der Waals surface area (Å²) in [6.07, 6.45) is 5.53. The van der Waals surface area contributed by atoms with E-state index in [9.17, 15) is 4.79 Å². The molecule has 1 saturated heterocycles. The van der Waals surface area contributed by atoms with E-state index in [0.717, 1.165) is 50.3 Å². The Hall–Kier alpha value is -2.01. The van der Waals surface area contributed by atoms with Crippen molar-refractivity contribution in [2.45, 2.75) is 59.8 Å². The van der Waals surface area contributed by atoms with Gasteiger partial charge in [0.25, 0.3) is 0 Å². The van der Waals surface area contributed by atoms with Gasteiger partial charge in [0.15, 0.2) is 0 Å². The molecule has 0 radical (unpaired) electrons. The third kappa shape index (κ3) is 5.53. The Balaban J connectivity index is 1.71.